The summed E-state index contributed by atoms with van der Waals surface area (Å²) >= 11 is 6.07. The van der Waals surface area contributed by atoms with Crippen LogP contribution in [0.2, 0.25) is 5.02 Å². The average Bonchev–Trinajstić information content (AvgIpc) is 2.54. The number of cyclic esters (lactones) is 1. The minimum atomic E-state index is -0.478. The van der Waals surface area contributed by atoms with Crippen LogP contribution >= 0.6 is 11.6 Å². The lowest BCUT2D eigenvalue weighted by molar-refractivity contribution is -0.165. The highest BCUT2D eigenvalue weighted by atomic mass is 35.5. The molecule has 0 aliphatic carbocycles. The van der Waals surface area contributed by atoms with E-state index in [0.29, 0.717) is 17.3 Å². The molecule has 6 heteroatoms. The number of carbonyl (C=O) groups excluding carboxylic acids is 2. The highest BCUT2D eigenvalue weighted by Crippen LogP contribution is 2.27. The Labute approximate surface area is 140 Å². The Kier molecular flexibility index (Phi) is 4.87. The van der Waals surface area contributed by atoms with Crippen molar-refractivity contribution in [2.24, 2.45) is 0 Å². The number of carbonyl (C=O) groups is 2. The lowest BCUT2D eigenvalue weighted by Gasteiger charge is -2.43. The van der Waals surface area contributed by atoms with E-state index in [1.54, 1.807) is 12.1 Å². The summed E-state index contributed by atoms with van der Waals surface area (Å²) in [5, 5.41) is 3.46. The maximum Gasteiger partial charge on any atom is 0.323 e. The largest absolute Gasteiger partial charge is 0.463 e. The van der Waals surface area contributed by atoms with E-state index >= 15 is 0 Å². The Balaban J connectivity index is 1.68. The van der Waals surface area contributed by atoms with Crippen LogP contribution in [0, 0.1) is 6.92 Å². The number of nitrogens with zero attached hydrogens (tertiary/aromatic N) is 1. The van der Waals surface area contributed by atoms with E-state index in [-0.39, 0.29) is 24.3 Å². The molecule has 2 fully saturated rings. The first kappa shape index (κ1) is 16.3. The topological polar surface area (TPSA) is 58.6 Å². The molecule has 2 heterocycles. The second kappa shape index (κ2) is 6.89. The Morgan fingerprint density at radius 3 is 3.09 bits per heavy atom. The Morgan fingerprint density at radius 2 is 2.26 bits per heavy atom. The molecule has 23 heavy (non-hydrogen) atoms. The van der Waals surface area contributed by atoms with Crippen LogP contribution in [-0.4, -0.2) is 42.0 Å². The summed E-state index contributed by atoms with van der Waals surface area (Å²) in [7, 11) is 0. The van der Waals surface area contributed by atoms with Crippen molar-refractivity contribution >= 4 is 29.2 Å². The van der Waals surface area contributed by atoms with E-state index in [1.165, 1.54) is 0 Å². The zero-order valence-electron chi connectivity index (χ0n) is 13.2. The van der Waals surface area contributed by atoms with Crippen LogP contribution < -0.4 is 5.32 Å². The third-order valence-corrected chi connectivity index (χ3v) is 5.09. The fourth-order valence-electron chi connectivity index (χ4n) is 3.34. The van der Waals surface area contributed by atoms with Gasteiger partial charge in [-0.15, -0.1) is 0 Å². The number of piperidine rings is 1. The molecule has 0 aromatic heterocycles. The number of fused-ring (bicyclic) bond motifs is 1. The first-order valence-electron chi connectivity index (χ1n) is 8.03. The molecular formula is C17H21ClN2O3. The van der Waals surface area contributed by atoms with Crippen LogP contribution in [0.4, 0.5) is 5.69 Å². The Morgan fingerprint density at radius 1 is 1.43 bits per heavy atom. The zero-order valence-corrected chi connectivity index (χ0v) is 13.9. The summed E-state index contributed by atoms with van der Waals surface area (Å²) in [5.41, 5.74) is 1.51. The van der Waals surface area contributed by atoms with Gasteiger partial charge in [0.25, 0.3) is 0 Å². The molecule has 5 nitrogen and oxygen atoms in total. The van der Waals surface area contributed by atoms with Crippen LogP contribution in [0.1, 0.15) is 31.2 Å². The van der Waals surface area contributed by atoms with Gasteiger partial charge in [-0.1, -0.05) is 24.1 Å². The fourth-order valence-corrected chi connectivity index (χ4v) is 3.52. The molecule has 1 amide bonds. The number of hydrogen-bond donors (Lipinski definition) is 1. The molecule has 2 aliphatic heterocycles. The molecule has 2 aliphatic rings. The van der Waals surface area contributed by atoms with Gasteiger partial charge >= 0.3 is 5.97 Å². The standard InChI is InChI=1S/C17H21ClN2O3/c1-11-13(18)6-4-7-14(11)19-16(21)9-15-17(22)23-10-12-5-2-3-8-20(12)15/h4,6-7,12,15H,2-3,5,8-10H2,1H3,(H,19,21)/t12-,15+/m1/s1. The van der Waals surface area contributed by atoms with Crippen LogP contribution in [-0.2, 0) is 14.3 Å². The van der Waals surface area contributed by atoms with Gasteiger partial charge in [-0.2, -0.15) is 0 Å². The highest BCUT2D eigenvalue weighted by molar-refractivity contribution is 6.31. The van der Waals surface area contributed by atoms with Crippen molar-refractivity contribution in [2.45, 2.75) is 44.7 Å². The molecule has 0 saturated carbocycles. The number of amides is 1. The predicted octanol–water partition coefficient (Wildman–Crippen LogP) is 2.76. The summed E-state index contributed by atoms with van der Waals surface area (Å²) in [4.78, 5) is 26.6. The van der Waals surface area contributed by atoms with Crippen LogP contribution in [0.5, 0.6) is 0 Å². The van der Waals surface area contributed by atoms with Gasteiger partial charge in [0, 0.05) is 16.8 Å². The van der Waals surface area contributed by atoms with Gasteiger partial charge in [0.05, 0.1) is 6.42 Å². The third-order valence-electron chi connectivity index (χ3n) is 4.68. The number of anilines is 1. The number of halogens is 1. The molecule has 0 spiro atoms. The van der Waals surface area contributed by atoms with Crippen molar-refractivity contribution < 1.29 is 14.3 Å². The Hall–Kier alpha value is -1.59. The van der Waals surface area contributed by atoms with Gasteiger partial charge in [0.1, 0.15) is 12.6 Å². The number of nitrogens with one attached hydrogen (secondary N) is 1. The van der Waals surface area contributed by atoms with Gasteiger partial charge in [0.2, 0.25) is 5.91 Å². The normalized spacial score (nSPS) is 24.7. The van der Waals surface area contributed by atoms with Crippen molar-refractivity contribution in [3.8, 4) is 0 Å². The zero-order chi connectivity index (χ0) is 16.4. The molecule has 0 bridgehead atoms. The summed E-state index contributed by atoms with van der Waals surface area (Å²) in [6.07, 6.45) is 3.36. The number of ether oxygens (including phenoxy) is 1. The fraction of sp³-hybridized carbons (Fsp3) is 0.529. The van der Waals surface area contributed by atoms with Gasteiger partial charge in [0.15, 0.2) is 0 Å². The third kappa shape index (κ3) is 3.51. The number of rotatable bonds is 3. The van der Waals surface area contributed by atoms with Crippen molar-refractivity contribution in [3.63, 3.8) is 0 Å². The molecule has 2 atom stereocenters. The second-order valence-corrected chi connectivity index (χ2v) is 6.61. The summed E-state index contributed by atoms with van der Waals surface area (Å²) in [6.45, 7) is 3.16. The maximum absolute atomic E-state index is 12.4. The van der Waals surface area contributed by atoms with E-state index in [0.717, 1.165) is 31.4 Å². The molecule has 1 N–H and O–H groups in total. The van der Waals surface area contributed by atoms with Crippen molar-refractivity contribution in [1.82, 2.24) is 4.90 Å². The maximum atomic E-state index is 12.4. The molecule has 1 aromatic rings. The second-order valence-electron chi connectivity index (χ2n) is 6.20. The van der Waals surface area contributed by atoms with Gasteiger partial charge < -0.3 is 10.1 Å². The van der Waals surface area contributed by atoms with E-state index in [9.17, 15) is 9.59 Å². The summed E-state index contributed by atoms with van der Waals surface area (Å²) in [5.74, 6) is -0.482. The van der Waals surface area contributed by atoms with Gasteiger partial charge in [-0.05, 0) is 44.0 Å². The molecule has 3 rings (SSSR count). The molecule has 1 aromatic carbocycles. The molecular weight excluding hydrogens is 316 g/mol. The van der Waals surface area contributed by atoms with E-state index in [1.807, 2.05) is 13.0 Å². The minimum Gasteiger partial charge on any atom is -0.463 e. The summed E-state index contributed by atoms with van der Waals surface area (Å²) in [6, 6.07) is 5.16. The van der Waals surface area contributed by atoms with E-state index in [2.05, 4.69) is 10.2 Å². The van der Waals surface area contributed by atoms with Crippen molar-refractivity contribution in [2.75, 3.05) is 18.5 Å². The van der Waals surface area contributed by atoms with Gasteiger partial charge in [-0.3, -0.25) is 14.5 Å². The summed E-state index contributed by atoms with van der Waals surface area (Å²) < 4.78 is 5.27. The van der Waals surface area contributed by atoms with Crippen molar-refractivity contribution in [3.05, 3.63) is 28.8 Å². The molecule has 0 unspecified atom stereocenters. The molecule has 124 valence electrons. The molecule has 2 saturated heterocycles. The first-order valence-corrected chi connectivity index (χ1v) is 8.41. The number of benzene rings is 1. The lowest BCUT2D eigenvalue weighted by atomic mass is 9.97. The van der Waals surface area contributed by atoms with E-state index < -0.39 is 6.04 Å². The SMILES string of the molecule is Cc1c(Cl)cccc1NC(=O)C[C@H]1C(=O)OC[C@H]2CCCCN21. The monoisotopic (exact) mass is 336 g/mol. The highest BCUT2D eigenvalue weighted by Gasteiger charge is 2.40. The number of hydrogen-bond acceptors (Lipinski definition) is 4. The van der Waals surface area contributed by atoms with Crippen LogP contribution in [0.25, 0.3) is 0 Å². The average molecular weight is 337 g/mol. The smallest absolute Gasteiger partial charge is 0.323 e. The van der Waals surface area contributed by atoms with Crippen LogP contribution in [0.15, 0.2) is 18.2 Å². The number of morpholine rings is 1. The van der Waals surface area contributed by atoms with Crippen molar-refractivity contribution in [1.29, 1.82) is 0 Å². The van der Waals surface area contributed by atoms with Crippen LogP contribution in [0.3, 0.4) is 0 Å². The quantitative estimate of drug-likeness (QED) is 0.862. The van der Waals surface area contributed by atoms with E-state index in [4.69, 9.17) is 16.3 Å². The lowest BCUT2D eigenvalue weighted by Crippen LogP contribution is -2.57. The number of esters is 1. The first-order chi connectivity index (χ1) is 11.1. The van der Waals surface area contributed by atoms with Gasteiger partial charge in [-0.25, -0.2) is 0 Å². The minimum absolute atomic E-state index is 0.112. The Bertz CT molecular complexity index is 620. The molecule has 0 radical (unpaired) electrons. The predicted molar refractivity (Wildman–Crippen MR) is 88.5 cm³/mol.